The number of halogens is 1. The number of ether oxygens (including phenoxy) is 2. The van der Waals surface area contributed by atoms with Crippen LogP contribution in [-0.2, 0) is 14.6 Å². The molecule has 2 aromatic rings. The zero-order chi connectivity index (χ0) is 20.2. The summed E-state index contributed by atoms with van der Waals surface area (Å²) in [6, 6.07) is 9.79. The number of carbonyl (C=O) groups excluding carboxylic acids is 1. The predicted octanol–water partition coefficient (Wildman–Crippen LogP) is 4.41. The van der Waals surface area contributed by atoms with Gasteiger partial charge in [0.05, 0.1) is 15.5 Å². The molecular weight excluding hydrogens is 388 g/mol. The number of esters is 1. The van der Waals surface area contributed by atoms with E-state index in [1.54, 1.807) is 0 Å². The second kappa shape index (κ2) is 8.76. The summed E-state index contributed by atoms with van der Waals surface area (Å²) < 4.78 is 34.0. The van der Waals surface area contributed by atoms with Crippen LogP contribution in [0.1, 0.15) is 41.3 Å². The van der Waals surface area contributed by atoms with Crippen LogP contribution in [0.2, 0.25) is 5.02 Å². The molecule has 0 unspecified atom stereocenters. The lowest BCUT2D eigenvalue weighted by molar-refractivity contribution is 0.0450. The molecule has 0 aromatic heterocycles. The van der Waals surface area contributed by atoms with Crippen LogP contribution in [0.3, 0.4) is 0 Å². The van der Waals surface area contributed by atoms with Crippen molar-refractivity contribution in [2.24, 2.45) is 0 Å². The van der Waals surface area contributed by atoms with Crippen LogP contribution >= 0.6 is 11.6 Å². The van der Waals surface area contributed by atoms with E-state index in [0.717, 1.165) is 11.8 Å². The monoisotopic (exact) mass is 410 g/mol. The summed E-state index contributed by atoms with van der Waals surface area (Å²) in [5.41, 5.74) is 2.41. The third-order valence-electron chi connectivity index (χ3n) is 4.03. The minimum atomic E-state index is -3.44. The molecule has 0 aliphatic carbocycles. The van der Waals surface area contributed by atoms with Crippen molar-refractivity contribution < 1.29 is 22.7 Å². The van der Waals surface area contributed by atoms with E-state index in [0.29, 0.717) is 11.7 Å². The fourth-order valence-electron chi connectivity index (χ4n) is 2.65. The maximum atomic E-state index is 12.2. The van der Waals surface area contributed by atoms with Crippen molar-refractivity contribution >= 4 is 27.4 Å². The van der Waals surface area contributed by atoms with E-state index in [2.05, 4.69) is 13.8 Å². The molecule has 146 valence electrons. The Kier molecular flexibility index (Phi) is 6.89. The van der Waals surface area contributed by atoms with Crippen molar-refractivity contribution in [2.75, 3.05) is 19.5 Å². The molecule has 27 heavy (non-hydrogen) atoms. The standard InChI is InChI=1S/C20H23ClO5S/c1-13(2)17-7-5-15(11-14(17)3)25-9-10-26-20(22)18-12-16(27(4,23)24)6-8-19(18)21/h5-8,11-13H,9-10H2,1-4H3. The van der Waals surface area contributed by atoms with Crippen molar-refractivity contribution in [3.05, 3.63) is 58.1 Å². The first-order valence-corrected chi connectivity index (χ1v) is 10.8. The maximum absolute atomic E-state index is 12.2. The van der Waals surface area contributed by atoms with Crippen molar-refractivity contribution in [1.29, 1.82) is 0 Å². The molecule has 0 spiro atoms. The smallest absolute Gasteiger partial charge is 0.339 e. The van der Waals surface area contributed by atoms with Gasteiger partial charge in [-0.3, -0.25) is 0 Å². The molecular formula is C20H23ClO5S. The van der Waals surface area contributed by atoms with E-state index < -0.39 is 15.8 Å². The van der Waals surface area contributed by atoms with Crippen LogP contribution in [0.4, 0.5) is 0 Å². The largest absolute Gasteiger partial charge is 0.490 e. The summed E-state index contributed by atoms with van der Waals surface area (Å²) in [5.74, 6) is 0.443. The van der Waals surface area contributed by atoms with Gasteiger partial charge in [-0.2, -0.15) is 0 Å². The molecule has 2 aromatic carbocycles. The summed E-state index contributed by atoms with van der Waals surface area (Å²) in [6.07, 6.45) is 1.06. The van der Waals surface area contributed by atoms with Gasteiger partial charge in [-0.1, -0.05) is 31.5 Å². The highest BCUT2D eigenvalue weighted by Crippen LogP contribution is 2.24. The molecule has 0 fully saturated rings. The van der Waals surface area contributed by atoms with Gasteiger partial charge in [-0.25, -0.2) is 13.2 Å². The summed E-state index contributed by atoms with van der Waals surface area (Å²) in [7, 11) is -3.44. The van der Waals surface area contributed by atoms with Crippen LogP contribution < -0.4 is 4.74 Å². The molecule has 0 N–H and O–H groups in total. The highest BCUT2D eigenvalue weighted by Gasteiger charge is 2.16. The van der Waals surface area contributed by atoms with Crippen molar-refractivity contribution in [3.8, 4) is 5.75 Å². The highest BCUT2D eigenvalue weighted by molar-refractivity contribution is 7.90. The molecule has 0 radical (unpaired) electrons. The molecule has 7 heteroatoms. The number of hydrogen-bond donors (Lipinski definition) is 0. The fraction of sp³-hybridized carbons (Fsp3) is 0.350. The Balaban J connectivity index is 1.94. The Morgan fingerprint density at radius 2 is 1.81 bits per heavy atom. The Morgan fingerprint density at radius 1 is 1.11 bits per heavy atom. The SMILES string of the molecule is Cc1cc(OCCOC(=O)c2cc(S(C)(=O)=O)ccc2Cl)ccc1C(C)C. The summed E-state index contributed by atoms with van der Waals surface area (Å²) in [4.78, 5) is 12.2. The van der Waals surface area contributed by atoms with Crippen LogP contribution in [-0.4, -0.2) is 33.9 Å². The molecule has 0 aliphatic rings. The molecule has 0 atom stereocenters. The average Bonchev–Trinajstić information content (AvgIpc) is 2.57. The third-order valence-corrected chi connectivity index (χ3v) is 5.47. The van der Waals surface area contributed by atoms with Gasteiger partial charge >= 0.3 is 5.97 Å². The third kappa shape index (κ3) is 5.71. The number of carbonyl (C=O) groups is 1. The van der Waals surface area contributed by atoms with E-state index in [1.165, 1.54) is 23.8 Å². The fourth-order valence-corrected chi connectivity index (χ4v) is 3.49. The summed E-state index contributed by atoms with van der Waals surface area (Å²) >= 11 is 5.98. The first-order chi connectivity index (χ1) is 12.6. The van der Waals surface area contributed by atoms with Crippen molar-refractivity contribution in [1.82, 2.24) is 0 Å². The number of sulfone groups is 1. The van der Waals surface area contributed by atoms with Crippen LogP contribution in [0.25, 0.3) is 0 Å². The van der Waals surface area contributed by atoms with E-state index in [1.807, 2.05) is 25.1 Å². The number of hydrogen-bond acceptors (Lipinski definition) is 5. The van der Waals surface area contributed by atoms with Crippen molar-refractivity contribution in [2.45, 2.75) is 31.6 Å². The van der Waals surface area contributed by atoms with E-state index >= 15 is 0 Å². The number of benzene rings is 2. The molecule has 0 heterocycles. The highest BCUT2D eigenvalue weighted by atomic mass is 35.5. The maximum Gasteiger partial charge on any atom is 0.339 e. The van der Waals surface area contributed by atoms with Gasteiger partial charge in [0.2, 0.25) is 0 Å². The van der Waals surface area contributed by atoms with Crippen LogP contribution in [0, 0.1) is 6.92 Å². The zero-order valence-corrected chi connectivity index (χ0v) is 17.4. The topological polar surface area (TPSA) is 69.7 Å². The van der Waals surface area contributed by atoms with Gasteiger partial charge in [0.1, 0.15) is 19.0 Å². The van der Waals surface area contributed by atoms with Gasteiger partial charge in [0.15, 0.2) is 9.84 Å². The molecule has 0 saturated carbocycles. The van der Waals surface area contributed by atoms with Gasteiger partial charge in [-0.05, 0) is 54.3 Å². The lowest BCUT2D eigenvalue weighted by Crippen LogP contribution is -2.13. The Hall–Kier alpha value is -2.05. The van der Waals surface area contributed by atoms with Crippen molar-refractivity contribution in [3.63, 3.8) is 0 Å². The summed E-state index contributed by atoms with van der Waals surface area (Å²) in [6.45, 7) is 6.48. The lowest BCUT2D eigenvalue weighted by atomic mass is 9.98. The molecule has 2 rings (SSSR count). The Bertz CT molecular complexity index is 935. The average molecular weight is 411 g/mol. The minimum absolute atomic E-state index is 0.0100. The van der Waals surface area contributed by atoms with E-state index in [9.17, 15) is 13.2 Å². The van der Waals surface area contributed by atoms with E-state index in [4.69, 9.17) is 21.1 Å². The first-order valence-electron chi connectivity index (χ1n) is 8.49. The normalized spacial score (nSPS) is 11.5. The molecule has 0 saturated heterocycles. The van der Waals surface area contributed by atoms with Gasteiger partial charge in [0.25, 0.3) is 0 Å². The predicted molar refractivity (Wildman–Crippen MR) is 106 cm³/mol. The number of rotatable bonds is 7. The second-order valence-electron chi connectivity index (χ2n) is 6.57. The van der Waals surface area contributed by atoms with Crippen LogP contribution in [0.5, 0.6) is 5.75 Å². The van der Waals surface area contributed by atoms with E-state index in [-0.39, 0.29) is 28.7 Å². The summed E-state index contributed by atoms with van der Waals surface area (Å²) in [5, 5.41) is 0.133. The van der Waals surface area contributed by atoms with Gasteiger partial charge in [0, 0.05) is 6.26 Å². The lowest BCUT2D eigenvalue weighted by Gasteiger charge is -2.13. The zero-order valence-electron chi connectivity index (χ0n) is 15.8. The second-order valence-corrected chi connectivity index (χ2v) is 8.99. The van der Waals surface area contributed by atoms with Gasteiger partial charge in [-0.15, -0.1) is 0 Å². The Morgan fingerprint density at radius 3 is 2.41 bits per heavy atom. The van der Waals surface area contributed by atoms with Crippen LogP contribution in [0.15, 0.2) is 41.3 Å². The van der Waals surface area contributed by atoms with Gasteiger partial charge < -0.3 is 9.47 Å². The molecule has 0 amide bonds. The quantitative estimate of drug-likeness (QED) is 0.499. The molecule has 0 aliphatic heterocycles. The number of aryl methyl sites for hydroxylation is 1. The molecule has 5 nitrogen and oxygen atoms in total. The first kappa shape index (κ1) is 21.3. The molecule has 0 bridgehead atoms. The Labute approximate surface area is 165 Å². The minimum Gasteiger partial charge on any atom is -0.490 e.